The molecule has 1 heterocycles. The number of likely N-dealkylation sites (tertiary alicyclic amines) is 1. The average molecular weight is 332 g/mol. The molecule has 0 unspecified atom stereocenters. The van der Waals surface area contributed by atoms with Crippen molar-refractivity contribution < 1.29 is 9.53 Å². The summed E-state index contributed by atoms with van der Waals surface area (Å²) in [6.07, 6.45) is 7.21. The molecule has 4 nitrogen and oxygen atoms in total. The normalized spacial score (nSPS) is 16.1. The average Bonchev–Trinajstić information content (AvgIpc) is 2.58. The van der Waals surface area contributed by atoms with Crippen molar-refractivity contribution in [1.82, 2.24) is 4.90 Å². The molecule has 1 fully saturated rings. The minimum absolute atomic E-state index is 0.0674. The van der Waals surface area contributed by atoms with E-state index in [0.717, 1.165) is 43.5 Å². The van der Waals surface area contributed by atoms with Crippen molar-refractivity contribution in [3.8, 4) is 5.75 Å². The van der Waals surface area contributed by atoms with Gasteiger partial charge in [-0.2, -0.15) is 0 Å². The van der Waals surface area contributed by atoms with Crippen LogP contribution in [-0.2, 0) is 4.79 Å². The summed E-state index contributed by atoms with van der Waals surface area (Å²) in [4.78, 5) is 14.4. The van der Waals surface area contributed by atoms with Crippen LogP contribution >= 0.6 is 0 Å². The lowest BCUT2D eigenvalue weighted by Gasteiger charge is -2.29. The lowest BCUT2D eigenvalue weighted by molar-refractivity contribution is -0.117. The van der Waals surface area contributed by atoms with E-state index in [2.05, 4.69) is 24.1 Å². The van der Waals surface area contributed by atoms with E-state index in [-0.39, 0.29) is 5.91 Å². The molecule has 1 aromatic rings. The van der Waals surface area contributed by atoms with Crippen LogP contribution in [0.1, 0.15) is 52.4 Å². The van der Waals surface area contributed by atoms with Gasteiger partial charge in [0.25, 0.3) is 0 Å². The van der Waals surface area contributed by atoms with E-state index in [9.17, 15) is 4.79 Å². The third-order valence-electron chi connectivity index (χ3n) is 4.65. The Morgan fingerprint density at radius 2 is 1.88 bits per heavy atom. The molecule has 1 amide bonds. The molecule has 0 spiro atoms. The zero-order valence-corrected chi connectivity index (χ0v) is 15.2. The van der Waals surface area contributed by atoms with Gasteiger partial charge in [-0.3, -0.25) is 9.69 Å². The fourth-order valence-corrected chi connectivity index (χ4v) is 2.98. The molecule has 0 aliphatic carbocycles. The highest BCUT2D eigenvalue weighted by molar-refractivity contribution is 5.92. The highest BCUT2D eigenvalue weighted by atomic mass is 16.5. The van der Waals surface area contributed by atoms with E-state index >= 15 is 0 Å². The van der Waals surface area contributed by atoms with Crippen LogP contribution in [0, 0.1) is 5.92 Å². The number of hydrogen-bond donors (Lipinski definition) is 1. The zero-order chi connectivity index (χ0) is 17.2. The molecule has 0 saturated carbocycles. The van der Waals surface area contributed by atoms with Crippen molar-refractivity contribution in [2.45, 2.75) is 52.4 Å². The Morgan fingerprint density at radius 3 is 2.54 bits per heavy atom. The molecular weight excluding hydrogens is 300 g/mol. The van der Waals surface area contributed by atoms with Crippen LogP contribution in [0.4, 0.5) is 5.69 Å². The Kier molecular flexibility index (Phi) is 8.10. The third-order valence-corrected chi connectivity index (χ3v) is 4.65. The van der Waals surface area contributed by atoms with Crippen LogP contribution in [0.2, 0.25) is 0 Å². The van der Waals surface area contributed by atoms with Crippen LogP contribution < -0.4 is 10.1 Å². The number of nitrogens with zero attached hydrogens (tertiary/aromatic N) is 1. The standard InChI is InChI=1S/C20H32N2O2/c1-3-4-5-6-15-24-19-9-7-18(8-10-19)21-20(23)16-22-13-11-17(2)12-14-22/h7-10,17H,3-6,11-16H2,1-2H3,(H,21,23). The van der Waals surface area contributed by atoms with Gasteiger partial charge in [0.1, 0.15) is 5.75 Å². The first-order valence-electron chi connectivity index (χ1n) is 9.42. The molecule has 2 rings (SSSR count). The molecule has 24 heavy (non-hydrogen) atoms. The molecule has 0 atom stereocenters. The maximum absolute atomic E-state index is 12.1. The predicted octanol–water partition coefficient (Wildman–Crippen LogP) is 4.32. The van der Waals surface area contributed by atoms with Gasteiger partial charge >= 0.3 is 0 Å². The molecule has 1 aliphatic rings. The second-order valence-electron chi connectivity index (χ2n) is 6.94. The van der Waals surface area contributed by atoms with Crippen molar-refractivity contribution in [3.05, 3.63) is 24.3 Å². The quantitative estimate of drug-likeness (QED) is 0.685. The first-order chi connectivity index (χ1) is 11.7. The van der Waals surface area contributed by atoms with Crippen molar-refractivity contribution in [2.75, 3.05) is 31.6 Å². The fraction of sp³-hybridized carbons (Fsp3) is 0.650. The molecular formula is C20H32N2O2. The second kappa shape index (κ2) is 10.3. The van der Waals surface area contributed by atoms with E-state index in [4.69, 9.17) is 4.74 Å². The number of unbranched alkanes of at least 4 members (excludes halogenated alkanes) is 3. The summed E-state index contributed by atoms with van der Waals surface area (Å²) in [6.45, 7) is 7.80. The van der Waals surface area contributed by atoms with Gasteiger partial charge in [-0.15, -0.1) is 0 Å². The highest BCUT2D eigenvalue weighted by Gasteiger charge is 2.17. The Bertz CT molecular complexity index is 479. The van der Waals surface area contributed by atoms with Gasteiger partial charge in [0, 0.05) is 5.69 Å². The van der Waals surface area contributed by atoms with Gasteiger partial charge < -0.3 is 10.1 Å². The Balaban J connectivity index is 1.68. The van der Waals surface area contributed by atoms with Gasteiger partial charge in [-0.05, 0) is 62.5 Å². The first kappa shape index (κ1) is 18.8. The number of carbonyl (C=O) groups excluding carboxylic acids is 1. The number of ether oxygens (including phenoxy) is 1. The molecule has 1 saturated heterocycles. The van der Waals surface area contributed by atoms with Crippen molar-refractivity contribution in [2.24, 2.45) is 5.92 Å². The monoisotopic (exact) mass is 332 g/mol. The number of anilines is 1. The summed E-state index contributed by atoms with van der Waals surface area (Å²) in [5.74, 6) is 1.73. The van der Waals surface area contributed by atoms with E-state index < -0.39 is 0 Å². The third kappa shape index (κ3) is 6.91. The topological polar surface area (TPSA) is 41.6 Å². The van der Waals surface area contributed by atoms with E-state index in [0.29, 0.717) is 6.54 Å². The van der Waals surface area contributed by atoms with E-state index in [1.165, 1.54) is 32.1 Å². The van der Waals surface area contributed by atoms with Crippen molar-refractivity contribution in [1.29, 1.82) is 0 Å². The van der Waals surface area contributed by atoms with E-state index in [1.54, 1.807) is 0 Å². The molecule has 0 radical (unpaired) electrons. The Labute approximate surface area is 146 Å². The Morgan fingerprint density at radius 1 is 1.17 bits per heavy atom. The van der Waals surface area contributed by atoms with Crippen LogP contribution in [0.25, 0.3) is 0 Å². The number of carbonyl (C=O) groups is 1. The molecule has 1 N–H and O–H groups in total. The second-order valence-corrected chi connectivity index (χ2v) is 6.94. The van der Waals surface area contributed by atoms with Gasteiger partial charge in [0.05, 0.1) is 13.2 Å². The van der Waals surface area contributed by atoms with Crippen LogP contribution in [0.15, 0.2) is 24.3 Å². The van der Waals surface area contributed by atoms with Gasteiger partial charge in [-0.1, -0.05) is 33.1 Å². The van der Waals surface area contributed by atoms with Gasteiger partial charge in [0.15, 0.2) is 0 Å². The molecule has 0 aromatic heterocycles. The van der Waals surface area contributed by atoms with Gasteiger partial charge in [-0.25, -0.2) is 0 Å². The SMILES string of the molecule is CCCCCCOc1ccc(NC(=O)CN2CCC(C)CC2)cc1. The fourth-order valence-electron chi connectivity index (χ4n) is 2.98. The Hall–Kier alpha value is -1.55. The summed E-state index contributed by atoms with van der Waals surface area (Å²) >= 11 is 0. The maximum atomic E-state index is 12.1. The molecule has 1 aliphatic heterocycles. The lowest BCUT2D eigenvalue weighted by atomic mass is 9.99. The minimum atomic E-state index is 0.0674. The van der Waals surface area contributed by atoms with Crippen LogP contribution in [0.5, 0.6) is 5.75 Å². The summed E-state index contributed by atoms with van der Waals surface area (Å²) < 4.78 is 5.72. The minimum Gasteiger partial charge on any atom is -0.494 e. The van der Waals surface area contributed by atoms with Gasteiger partial charge in [0.2, 0.25) is 5.91 Å². The molecule has 1 aromatic carbocycles. The number of rotatable bonds is 9. The van der Waals surface area contributed by atoms with E-state index in [1.807, 2.05) is 24.3 Å². The molecule has 134 valence electrons. The van der Waals surface area contributed by atoms with Crippen molar-refractivity contribution >= 4 is 11.6 Å². The predicted molar refractivity (Wildman–Crippen MR) is 99.5 cm³/mol. The number of hydrogen-bond acceptors (Lipinski definition) is 3. The summed E-state index contributed by atoms with van der Waals surface area (Å²) in [5, 5.41) is 2.98. The molecule has 0 bridgehead atoms. The number of piperidine rings is 1. The zero-order valence-electron chi connectivity index (χ0n) is 15.2. The number of nitrogens with one attached hydrogen (secondary N) is 1. The lowest BCUT2D eigenvalue weighted by Crippen LogP contribution is -2.38. The van der Waals surface area contributed by atoms with Crippen molar-refractivity contribution in [3.63, 3.8) is 0 Å². The highest BCUT2D eigenvalue weighted by Crippen LogP contribution is 2.18. The smallest absolute Gasteiger partial charge is 0.238 e. The summed E-state index contributed by atoms with van der Waals surface area (Å²) in [5.41, 5.74) is 0.837. The maximum Gasteiger partial charge on any atom is 0.238 e. The summed E-state index contributed by atoms with van der Waals surface area (Å²) in [6, 6.07) is 7.69. The largest absolute Gasteiger partial charge is 0.494 e. The van der Waals surface area contributed by atoms with Crippen LogP contribution in [0.3, 0.4) is 0 Å². The first-order valence-corrected chi connectivity index (χ1v) is 9.42. The van der Waals surface area contributed by atoms with Crippen LogP contribution in [-0.4, -0.2) is 37.0 Å². The number of amides is 1. The summed E-state index contributed by atoms with van der Waals surface area (Å²) in [7, 11) is 0. The number of benzene rings is 1. The molecule has 4 heteroatoms.